The van der Waals surface area contributed by atoms with E-state index in [-0.39, 0.29) is 0 Å². The predicted octanol–water partition coefficient (Wildman–Crippen LogP) is 1.90. The van der Waals surface area contributed by atoms with Crippen molar-refractivity contribution >= 4 is 6.41 Å². The SMILES string of the molecule is CC1CCN(C=O)CC(C)(C)C1. The molecule has 70 valence electrons. The molecule has 1 heterocycles. The van der Waals surface area contributed by atoms with Crippen molar-refractivity contribution in [1.29, 1.82) is 0 Å². The zero-order valence-corrected chi connectivity index (χ0v) is 8.34. The van der Waals surface area contributed by atoms with Gasteiger partial charge in [0, 0.05) is 13.1 Å². The monoisotopic (exact) mass is 169 g/mol. The lowest BCUT2D eigenvalue weighted by Crippen LogP contribution is -2.31. The third kappa shape index (κ3) is 2.50. The van der Waals surface area contributed by atoms with E-state index in [1.54, 1.807) is 0 Å². The van der Waals surface area contributed by atoms with E-state index in [2.05, 4.69) is 20.8 Å². The van der Waals surface area contributed by atoms with Gasteiger partial charge >= 0.3 is 0 Å². The van der Waals surface area contributed by atoms with Crippen LogP contribution >= 0.6 is 0 Å². The summed E-state index contributed by atoms with van der Waals surface area (Å²) in [5, 5.41) is 0. The first-order chi connectivity index (χ1) is 5.53. The normalized spacial score (nSPS) is 29.6. The number of hydrogen-bond acceptors (Lipinski definition) is 1. The Morgan fingerprint density at radius 3 is 2.75 bits per heavy atom. The average Bonchev–Trinajstić information content (AvgIpc) is 2.07. The highest BCUT2D eigenvalue weighted by Crippen LogP contribution is 2.30. The molecule has 1 rings (SSSR count). The van der Waals surface area contributed by atoms with Crippen LogP contribution in [0.15, 0.2) is 0 Å². The molecule has 0 aromatic carbocycles. The summed E-state index contributed by atoms with van der Waals surface area (Å²) < 4.78 is 0. The van der Waals surface area contributed by atoms with E-state index >= 15 is 0 Å². The minimum atomic E-state index is 0.302. The lowest BCUT2D eigenvalue weighted by molar-refractivity contribution is -0.119. The summed E-state index contributed by atoms with van der Waals surface area (Å²) in [6.07, 6.45) is 3.37. The second kappa shape index (κ2) is 3.46. The van der Waals surface area contributed by atoms with Crippen LogP contribution in [-0.2, 0) is 4.79 Å². The van der Waals surface area contributed by atoms with E-state index in [1.807, 2.05) is 4.90 Å². The van der Waals surface area contributed by atoms with Crippen LogP contribution in [0.3, 0.4) is 0 Å². The Labute approximate surface area is 74.9 Å². The number of carbonyl (C=O) groups is 1. The van der Waals surface area contributed by atoms with Crippen molar-refractivity contribution in [1.82, 2.24) is 4.90 Å². The molecular formula is C10H19NO. The highest BCUT2D eigenvalue weighted by atomic mass is 16.1. The molecule has 0 aliphatic carbocycles. The van der Waals surface area contributed by atoms with Crippen molar-refractivity contribution in [2.45, 2.75) is 33.6 Å². The van der Waals surface area contributed by atoms with Crippen molar-refractivity contribution in [2.24, 2.45) is 11.3 Å². The van der Waals surface area contributed by atoms with Gasteiger partial charge in [-0.15, -0.1) is 0 Å². The Morgan fingerprint density at radius 2 is 2.17 bits per heavy atom. The third-order valence-corrected chi connectivity index (χ3v) is 2.59. The number of likely N-dealkylation sites (tertiary alicyclic amines) is 1. The first-order valence-electron chi connectivity index (χ1n) is 4.73. The highest BCUT2D eigenvalue weighted by Gasteiger charge is 2.27. The van der Waals surface area contributed by atoms with Crippen LogP contribution in [0.2, 0.25) is 0 Å². The minimum Gasteiger partial charge on any atom is -0.345 e. The van der Waals surface area contributed by atoms with Gasteiger partial charge in [-0.1, -0.05) is 20.8 Å². The molecule has 0 N–H and O–H groups in total. The summed E-state index contributed by atoms with van der Waals surface area (Å²) in [4.78, 5) is 12.5. The van der Waals surface area contributed by atoms with Crippen LogP contribution < -0.4 is 0 Å². The molecule has 0 saturated carbocycles. The maximum atomic E-state index is 10.6. The van der Waals surface area contributed by atoms with Gasteiger partial charge in [0.2, 0.25) is 6.41 Å². The van der Waals surface area contributed by atoms with Gasteiger partial charge in [-0.25, -0.2) is 0 Å². The summed E-state index contributed by atoms with van der Waals surface area (Å²) in [7, 11) is 0. The molecule has 1 fully saturated rings. The number of amides is 1. The molecule has 0 aromatic heterocycles. The number of rotatable bonds is 1. The third-order valence-electron chi connectivity index (χ3n) is 2.59. The molecule has 0 spiro atoms. The Bertz CT molecular complexity index is 165. The summed E-state index contributed by atoms with van der Waals surface area (Å²) in [6, 6.07) is 0. The van der Waals surface area contributed by atoms with E-state index in [0.29, 0.717) is 5.41 Å². The molecule has 0 aromatic rings. The van der Waals surface area contributed by atoms with Gasteiger partial charge in [-0.2, -0.15) is 0 Å². The van der Waals surface area contributed by atoms with E-state index in [4.69, 9.17) is 0 Å². The maximum Gasteiger partial charge on any atom is 0.209 e. The minimum absolute atomic E-state index is 0.302. The molecular weight excluding hydrogens is 150 g/mol. The quantitative estimate of drug-likeness (QED) is 0.549. The summed E-state index contributed by atoms with van der Waals surface area (Å²) >= 11 is 0. The van der Waals surface area contributed by atoms with Crippen molar-refractivity contribution < 1.29 is 4.79 Å². The molecule has 2 nitrogen and oxygen atoms in total. The fourth-order valence-corrected chi connectivity index (χ4v) is 2.21. The second-order valence-corrected chi connectivity index (χ2v) is 4.84. The van der Waals surface area contributed by atoms with E-state index in [0.717, 1.165) is 31.8 Å². The summed E-state index contributed by atoms with van der Waals surface area (Å²) in [5.74, 6) is 0.755. The van der Waals surface area contributed by atoms with Crippen molar-refractivity contribution in [3.8, 4) is 0 Å². The molecule has 1 unspecified atom stereocenters. The molecule has 12 heavy (non-hydrogen) atoms. The maximum absolute atomic E-state index is 10.6. The van der Waals surface area contributed by atoms with Crippen LogP contribution in [0.1, 0.15) is 33.6 Å². The largest absolute Gasteiger partial charge is 0.345 e. The zero-order chi connectivity index (χ0) is 9.19. The standard InChI is InChI=1S/C10H19NO/c1-9-4-5-11(8-12)7-10(2,3)6-9/h8-9H,4-7H2,1-3H3. The lowest BCUT2D eigenvalue weighted by atomic mass is 9.83. The Kier molecular flexibility index (Phi) is 2.76. The first kappa shape index (κ1) is 9.56. The van der Waals surface area contributed by atoms with Gasteiger partial charge in [0.25, 0.3) is 0 Å². The average molecular weight is 169 g/mol. The Balaban J connectivity index is 2.62. The Morgan fingerprint density at radius 1 is 1.50 bits per heavy atom. The number of nitrogens with zero attached hydrogens (tertiary/aromatic N) is 1. The van der Waals surface area contributed by atoms with Gasteiger partial charge in [0.1, 0.15) is 0 Å². The van der Waals surface area contributed by atoms with Gasteiger partial charge in [0.15, 0.2) is 0 Å². The fraction of sp³-hybridized carbons (Fsp3) is 0.900. The number of hydrogen-bond donors (Lipinski definition) is 0. The number of carbonyl (C=O) groups excluding carboxylic acids is 1. The molecule has 1 atom stereocenters. The summed E-state index contributed by atoms with van der Waals surface area (Å²) in [5.41, 5.74) is 0.302. The molecule has 1 amide bonds. The van der Waals surface area contributed by atoms with Crippen LogP contribution in [0, 0.1) is 11.3 Å². The lowest BCUT2D eigenvalue weighted by Gasteiger charge is -2.27. The van der Waals surface area contributed by atoms with Crippen molar-refractivity contribution in [3.63, 3.8) is 0 Å². The van der Waals surface area contributed by atoms with Gasteiger partial charge in [-0.3, -0.25) is 4.79 Å². The molecule has 1 aliphatic heterocycles. The van der Waals surface area contributed by atoms with E-state index in [9.17, 15) is 4.79 Å². The van der Waals surface area contributed by atoms with Crippen molar-refractivity contribution in [2.75, 3.05) is 13.1 Å². The molecule has 0 radical (unpaired) electrons. The van der Waals surface area contributed by atoms with E-state index < -0.39 is 0 Å². The van der Waals surface area contributed by atoms with E-state index in [1.165, 1.54) is 6.42 Å². The predicted molar refractivity (Wildman–Crippen MR) is 49.8 cm³/mol. The molecule has 1 aliphatic rings. The van der Waals surface area contributed by atoms with Gasteiger partial charge in [-0.05, 0) is 24.2 Å². The smallest absolute Gasteiger partial charge is 0.209 e. The molecule has 0 bridgehead atoms. The second-order valence-electron chi connectivity index (χ2n) is 4.84. The van der Waals surface area contributed by atoms with Crippen LogP contribution in [0.4, 0.5) is 0 Å². The molecule has 1 saturated heterocycles. The zero-order valence-electron chi connectivity index (χ0n) is 8.34. The van der Waals surface area contributed by atoms with Crippen molar-refractivity contribution in [3.05, 3.63) is 0 Å². The highest BCUT2D eigenvalue weighted by molar-refractivity contribution is 5.47. The van der Waals surface area contributed by atoms with Gasteiger partial charge < -0.3 is 4.90 Å². The topological polar surface area (TPSA) is 20.3 Å². The fourth-order valence-electron chi connectivity index (χ4n) is 2.21. The summed E-state index contributed by atoms with van der Waals surface area (Å²) in [6.45, 7) is 8.61. The van der Waals surface area contributed by atoms with Crippen LogP contribution in [0.5, 0.6) is 0 Å². The Hall–Kier alpha value is -0.530. The van der Waals surface area contributed by atoms with Crippen LogP contribution in [-0.4, -0.2) is 24.4 Å². The van der Waals surface area contributed by atoms with Crippen LogP contribution in [0.25, 0.3) is 0 Å². The molecule has 2 heteroatoms. The first-order valence-corrected chi connectivity index (χ1v) is 4.73. The van der Waals surface area contributed by atoms with Gasteiger partial charge in [0.05, 0.1) is 0 Å².